The fourth-order valence-corrected chi connectivity index (χ4v) is 5.31. The molecule has 2 nitrogen and oxygen atoms in total. The van der Waals surface area contributed by atoms with E-state index in [0.717, 1.165) is 6.54 Å². The van der Waals surface area contributed by atoms with Crippen LogP contribution < -0.4 is 9.80 Å². The van der Waals surface area contributed by atoms with Crippen molar-refractivity contribution in [3.8, 4) is 0 Å². The fourth-order valence-electron chi connectivity index (χ4n) is 5.31. The van der Waals surface area contributed by atoms with Gasteiger partial charge in [0.25, 0.3) is 0 Å². The normalized spacial score (nSPS) is 18.9. The van der Waals surface area contributed by atoms with E-state index in [2.05, 4.69) is 128 Å². The van der Waals surface area contributed by atoms with Gasteiger partial charge in [-0.25, -0.2) is 0 Å². The molecule has 6 rings (SSSR count). The molecule has 0 radical (unpaired) electrons. The molecule has 3 aromatic carbocycles. The Morgan fingerprint density at radius 2 is 1.58 bits per heavy atom. The Balaban J connectivity index is 1.65. The highest BCUT2D eigenvalue weighted by Gasteiger charge is 2.33. The van der Waals surface area contributed by atoms with Crippen LogP contribution in [0, 0.1) is 6.92 Å². The van der Waals surface area contributed by atoms with Crippen molar-refractivity contribution >= 4 is 22.6 Å². The minimum atomic E-state index is 0.141. The Bertz CT molecular complexity index is 1370. The number of anilines is 2. The lowest BCUT2D eigenvalue weighted by Crippen LogP contribution is -2.34. The molecule has 0 aliphatic carbocycles. The average Bonchev–Trinajstić information content (AvgIpc) is 2.84. The lowest BCUT2D eigenvalue weighted by atomic mass is 9.88. The molecule has 1 atom stereocenters. The summed E-state index contributed by atoms with van der Waals surface area (Å²) < 4.78 is 0. The van der Waals surface area contributed by atoms with Gasteiger partial charge in [-0.2, -0.15) is 0 Å². The van der Waals surface area contributed by atoms with Gasteiger partial charge in [0, 0.05) is 35.1 Å². The molecule has 2 heteroatoms. The van der Waals surface area contributed by atoms with E-state index in [-0.39, 0.29) is 6.04 Å². The van der Waals surface area contributed by atoms with Crippen molar-refractivity contribution in [2.75, 3.05) is 16.3 Å². The van der Waals surface area contributed by atoms with Gasteiger partial charge in [-0.15, -0.1) is 0 Å². The SMILES string of the molecule is CC1=CC=C2c3ccc(C)cc3N3C=C(c4ccccc4)C(C)=CC3c3ccccc3N2C1. The van der Waals surface area contributed by atoms with Crippen molar-refractivity contribution in [1.82, 2.24) is 0 Å². The zero-order chi connectivity index (χ0) is 22.5. The lowest BCUT2D eigenvalue weighted by Gasteiger charge is -2.42. The van der Waals surface area contributed by atoms with Gasteiger partial charge >= 0.3 is 0 Å². The highest BCUT2D eigenvalue weighted by atomic mass is 15.2. The first-order valence-electron chi connectivity index (χ1n) is 11.7. The molecule has 33 heavy (non-hydrogen) atoms. The average molecular weight is 429 g/mol. The number of rotatable bonds is 1. The van der Waals surface area contributed by atoms with Crippen LogP contribution in [0.3, 0.4) is 0 Å². The van der Waals surface area contributed by atoms with Crippen molar-refractivity contribution in [2.45, 2.75) is 26.8 Å². The first kappa shape index (κ1) is 19.9. The molecule has 0 aromatic heterocycles. The minimum absolute atomic E-state index is 0.141. The van der Waals surface area contributed by atoms with Crippen molar-refractivity contribution in [3.05, 3.63) is 131 Å². The highest BCUT2D eigenvalue weighted by Crippen LogP contribution is 2.48. The number of nitrogens with zero attached hydrogens (tertiary/aromatic N) is 2. The van der Waals surface area contributed by atoms with Gasteiger partial charge in [-0.1, -0.05) is 78.4 Å². The summed E-state index contributed by atoms with van der Waals surface area (Å²) in [5, 5.41) is 0. The van der Waals surface area contributed by atoms with Crippen molar-refractivity contribution in [1.29, 1.82) is 0 Å². The summed E-state index contributed by atoms with van der Waals surface area (Å²) in [5.41, 5.74) is 12.9. The zero-order valence-electron chi connectivity index (χ0n) is 19.4. The zero-order valence-corrected chi connectivity index (χ0v) is 19.4. The molecule has 3 aliphatic rings. The largest absolute Gasteiger partial charge is 0.336 e. The first-order chi connectivity index (χ1) is 16.1. The topological polar surface area (TPSA) is 6.48 Å². The number of allylic oxidation sites excluding steroid dienone is 4. The standard InChI is InChI=1S/C31H28N2/c1-21-13-15-26-29-16-14-22(2)19-32(29)28-12-8-7-11-25(28)31-18-23(3)27(20-33(31)30(26)17-21)24-9-5-4-6-10-24/h4-18,20,31H,19H2,1-3H3. The van der Waals surface area contributed by atoms with Crippen LogP contribution in [0.5, 0.6) is 0 Å². The van der Waals surface area contributed by atoms with Gasteiger partial charge in [-0.05, 0) is 55.7 Å². The number of hydrogen-bond donors (Lipinski definition) is 0. The van der Waals surface area contributed by atoms with Crippen LogP contribution in [0.4, 0.5) is 11.4 Å². The summed E-state index contributed by atoms with van der Waals surface area (Å²) in [6.45, 7) is 7.56. The molecule has 0 N–H and O–H groups in total. The second-order valence-corrected chi connectivity index (χ2v) is 9.34. The van der Waals surface area contributed by atoms with Crippen molar-refractivity contribution in [2.24, 2.45) is 0 Å². The lowest BCUT2D eigenvalue weighted by molar-refractivity contribution is 0.814. The van der Waals surface area contributed by atoms with Crippen LogP contribution in [-0.2, 0) is 0 Å². The van der Waals surface area contributed by atoms with E-state index in [0.29, 0.717) is 0 Å². The van der Waals surface area contributed by atoms with Crippen LogP contribution in [0.1, 0.15) is 42.1 Å². The predicted octanol–water partition coefficient (Wildman–Crippen LogP) is 7.66. The van der Waals surface area contributed by atoms with Gasteiger partial charge in [0.1, 0.15) is 0 Å². The summed E-state index contributed by atoms with van der Waals surface area (Å²) in [5.74, 6) is 0. The number of fused-ring (bicyclic) bond motifs is 8. The van der Waals surface area contributed by atoms with Crippen molar-refractivity contribution in [3.63, 3.8) is 0 Å². The molecular formula is C31H28N2. The smallest absolute Gasteiger partial charge is 0.0796 e. The quantitative estimate of drug-likeness (QED) is 0.392. The third kappa shape index (κ3) is 3.25. The predicted molar refractivity (Wildman–Crippen MR) is 140 cm³/mol. The number of para-hydroxylation sites is 1. The molecule has 0 spiro atoms. The Kier molecular flexibility index (Phi) is 4.62. The van der Waals surface area contributed by atoms with Gasteiger partial charge in [0.05, 0.1) is 17.4 Å². The van der Waals surface area contributed by atoms with Crippen LogP contribution in [-0.4, -0.2) is 6.54 Å². The summed E-state index contributed by atoms with van der Waals surface area (Å²) in [6.07, 6.45) is 9.36. The van der Waals surface area contributed by atoms with E-state index in [1.165, 1.54) is 56.0 Å². The highest BCUT2D eigenvalue weighted by molar-refractivity contribution is 5.93. The van der Waals surface area contributed by atoms with Gasteiger partial charge < -0.3 is 9.80 Å². The van der Waals surface area contributed by atoms with Gasteiger partial charge in [0.15, 0.2) is 0 Å². The molecular weight excluding hydrogens is 400 g/mol. The first-order valence-corrected chi connectivity index (χ1v) is 11.7. The summed E-state index contributed by atoms with van der Waals surface area (Å²) in [7, 11) is 0. The molecule has 0 saturated heterocycles. The van der Waals surface area contributed by atoms with Gasteiger partial charge in [-0.3, -0.25) is 0 Å². The van der Waals surface area contributed by atoms with Crippen molar-refractivity contribution < 1.29 is 0 Å². The van der Waals surface area contributed by atoms with Crippen LogP contribution in [0.2, 0.25) is 0 Å². The maximum Gasteiger partial charge on any atom is 0.0796 e. The Morgan fingerprint density at radius 3 is 2.42 bits per heavy atom. The number of aryl methyl sites for hydroxylation is 1. The van der Waals surface area contributed by atoms with Crippen LogP contribution in [0.25, 0.3) is 11.3 Å². The molecule has 3 aliphatic heterocycles. The van der Waals surface area contributed by atoms with E-state index in [1.54, 1.807) is 0 Å². The number of benzene rings is 3. The molecule has 0 fully saturated rings. The molecule has 3 heterocycles. The summed E-state index contributed by atoms with van der Waals surface area (Å²) in [6, 6.07) is 26.7. The maximum atomic E-state index is 2.50. The third-order valence-electron chi connectivity index (χ3n) is 6.96. The maximum absolute atomic E-state index is 2.50. The molecule has 3 aromatic rings. The summed E-state index contributed by atoms with van der Waals surface area (Å²) in [4.78, 5) is 4.98. The molecule has 0 saturated carbocycles. The Morgan fingerprint density at radius 1 is 0.788 bits per heavy atom. The second-order valence-electron chi connectivity index (χ2n) is 9.34. The second kappa shape index (κ2) is 7.67. The Hall–Kier alpha value is -3.78. The van der Waals surface area contributed by atoms with Crippen LogP contribution >= 0.6 is 0 Å². The Labute approximate surface area is 196 Å². The molecule has 0 amide bonds. The number of hydrogen-bond acceptors (Lipinski definition) is 2. The van der Waals surface area contributed by atoms with E-state index in [1.807, 2.05) is 0 Å². The summed E-state index contributed by atoms with van der Waals surface area (Å²) >= 11 is 0. The monoisotopic (exact) mass is 428 g/mol. The third-order valence-corrected chi connectivity index (χ3v) is 6.96. The van der Waals surface area contributed by atoms with E-state index in [4.69, 9.17) is 0 Å². The molecule has 0 bridgehead atoms. The minimum Gasteiger partial charge on any atom is -0.336 e. The van der Waals surface area contributed by atoms with E-state index in [9.17, 15) is 0 Å². The van der Waals surface area contributed by atoms with E-state index < -0.39 is 0 Å². The van der Waals surface area contributed by atoms with Gasteiger partial charge in [0.2, 0.25) is 0 Å². The molecule has 162 valence electrons. The fraction of sp³-hybridized carbons (Fsp3) is 0.161. The molecule has 1 unspecified atom stereocenters. The van der Waals surface area contributed by atoms with E-state index >= 15 is 0 Å². The van der Waals surface area contributed by atoms with Crippen LogP contribution in [0.15, 0.2) is 108 Å².